The van der Waals surface area contributed by atoms with E-state index >= 15 is 0 Å². The highest BCUT2D eigenvalue weighted by molar-refractivity contribution is 14.1. The van der Waals surface area contributed by atoms with Crippen molar-refractivity contribution in [3.8, 4) is 0 Å². The van der Waals surface area contributed by atoms with Crippen molar-refractivity contribution in [1.29, 1.82) is 0 Å². The highest BCUT2D eigenvalue weighted by Gasteiger charge is 2.23. The minimum absolute atomic E-state index is 0.447. The van der Waals surface area contributed by atoms with E-state index in [9.17, 15) is 0 Å². The van der Waals surface area contributed by atoms with Crippen LogP contribution in [0.4, 0.5) is 0 Å². The maximum absolute atomic E-state index is 3.78. The zero-order valence-electron chi connectivity index (χ0n) is 11.5. The lowest BCUT2D eigenvalue weighted by Gasteiger charge is -2.36. The number of benzene rings is 1. The molecule has 0 spiro atoms. The van der Waals surface area contributed by atoms with E-state index in [-0.39, 0.29) is 0 Å². The first kappa shape index (κ1) is 14.3. The molecule has 0 radical (unpaired) electrons. The minimum atomic E-state index is 0.447. The molecule has 0 aliphatic carbocycles. The van der Waals surface area contributed by atoms with Gasteiger partial charge in [0.15, 0.2) is 0 Å². The first-order chi connectivity index (χ1) is 8.56. The highest BCUT2D eigenvalue weighted by Crippen LogP contribution is 2.20. The number of hydrogen-bond acceptors (Lipinski definition) is 2. The average molecular weight is 358 g/mol. The van der Waals surface area contributed by atoms with Crippen molar-refractivity contribution in [2.24, 2.45) is 0 Å². The normalized spacial score (nSPS) is 27.1. The Balaban J connectivity index is 1.91. The molecule has 18 heavy (non-hydrogen) atoms. The molecule has 0 aromatic heterocycles. The van der Waals surface area contributed by atoms with Gasteiger partial charge < -0.3 is 10.2 Å². The van der Waals surface area contributed by atoms with Crippen LogP contribution in [0.25, 0.3) is 0 Å². The number of rotatable bonds is 3. The summed E-state index contributed by atoms with van der Waals surface area (Å²) in [5, 5.41) is 3.78. The third-order valence-electron chi connectivity index (χ3n) is 4.06. The van der Waals surface area contributed by atoms with Crippen LogP contribution in [0, 0.1) is 3.57 Å². The molecular weight excluding hydrogens is 335 g/mol. The molecule has 3 atom stereocenters. The van der Waals surface area contributed by atoms with Gasteiger partial charge in [-0.05, 0) is 80.6 Å². The standard InChI is InChI=1S/C15H23IN2/c1-11-10-15(8-9-18(11)3)17-12(2)13-4-6-14(16)7-5-13/h4-7,11-12,15,17H,8-10H2,1-3H3. The molecule has 1 aliphatic heterocycles. The Morgan fingerprint density at radius 3 is 2.61 bits per heavy atom. The first-order valence-corrected chi connectivity index (χ1v) is 7.86. The summed E-state index contributed by atoms with van der Waals surface area (Å²) in [6, 6.07) is 10.6. The molecule has 0 amide bonds. The monoisotopic (exact) mass is 358 g/mol. The van der Waals surface area contributed by atoms with Crippen LogP contribution in [-0.4, -0.2) is 30.6 Å². The van der Waals surface area contributed by atoms with Crippen LogP contribution in [0.1, 0.15) is 38.3 Å². The molecule has 1 heterocycles. The maximum Gasteiger partial charge on any atom is 0.0294 e. The van der Waals surface area contributed by atoms with E-state index in [0.717, 1.165) is 0 Å². The van der Waals surface area contributed by atoms with Crippen molar-refractivity contribution in [2.45, 2.75) is 44.8 Å². The molecular formula is C15H23IN2. The fourth-order valence-corrected chi connectivity index (χ4v) is 3.00. The van der Waals surface area contributed by atoms with Crippen molar-refractivity contribution in [2.75, 3.05) is 13.6 Å². The van der Waals surface area contributed by atoms with Crippen LogP contribution >= 0.6 is 22.6 Å². The van der Waals surface area contributed by atoms with Gasteiger partial charge in [0.2, 0.25) is 0 Å². The summed E-state index contributed by atoms with van der Waals surface area (Å²) in [6.45, 7) is 5.80. The Morgan fingerprint density at radius 2 is 2.00 bits per heavy atom. The Hall–Kier alpha value is -0.130. The third-order valence-corrected chi connectivity index (χ3v) is 4.78. The largest absolute Gasteiger partial charge is 0.307 e. The zero-order valence-corrected chi connectivity index (χ0v) is 13.6. The van der Waals surface area contributed by atoms with E-state index in [1.54, 1.807) is 0 Å². The van der Waals surface area contributed by atoms with E-state index in [0.29, 0.717) is 18.1 Å². The number of halogens is 1. The first-order valence-electron chi connectivity index (χ1n) is 6.78. The summed E-state index contributed by atoms with van der Waals surface area (Å²) < 4.78 is 1.30. The van der Waals surface area contributed by atoms with E-state index in [4.69, 9.17) is 0 Å². The summed E-state index contributed by atoms with van der Waals surface area (Å²) in [5.41, 5.74) is 1.39. The van der Waals surface area contributed by atoms with Gasteiger partial charge in [0.05, 0.1) is 0 Å². The molecule has 1 aromatic rings. The van der Waals surface area contributed by atoms with Gasteiger partial charge in [0.1, 0.15) is 0 Å². The molecule has 1 N–H and O–H groups in total. The zero-order chi connectivity index (χ0) is 13.1. The number of nitrogens with zero attached hydrogens (tertiary/aromatic N) is 1. The predicted molar refractivity (Wildman–Crippen MR) is 85.8 cm³/mol. The summed E-state index contributed by atoms with van der Waals surface area (Å²) in [7, 11) is 2.23. The van der Waals surface area contributed by atoms with E-state index in [2.05, 4.69) is 78.0 Å². The number of likely N-dealkylation sites (tertiary alicyclic amines) is 1. The van der Waals surface area contributed by atoms with Gasteiger partial charge in [-0.25, -0.2) is 0 Å². The quantitative estimate of drug-likeness (QED) is 0.833. The molecule has 0 saturated carbocycles. The SMILES string of the molecule is CC(NC1CCN(C)C(C)C1)c1ccc(I)cc1. The van der Waals surface area contributed by atoms with Crippen molar-refractivity contribution in [3.63, 3.8) is 0 Å². The minimum Gasteiger partial charge on any atom is -0.307 e. The molecule has 1 fully saturated rings. The van der Waals surface area contributed by atoms with Crippen LogP contribution in [0.15, 0.2) is 24.3 Å². The molecule has 2 rings (SSSR count). The number of hydrogen-bond donors (Lipinski definition) is 1. The van der Waals surface area contributed by atoms with Gasteiger partial charge in [0.25, 0.3) is 0 Å². The second-order valence-corrected chi connectivity index (χ2v) is 6.74. The Labute approximate surface area is 124 Å². The van der Waals surface area contributed by atoms with Gasteiger partial charge in [0, 0.05) is 21.7 Å². The highest BCUT2D eigenvalue weighted by atomic mass is 127. The Morgan fingerprint density at radius 1 is 1.33 bits per heavy atom. The summed E-state index contributed by atoms with van der Waals surface area (Å²) in [5.74, 6) is 0. The van der Waals surface area contributed by atoms with E-state index < -0.39 is 0 Å². The van der Waals surface area contributed by atoms with Gasteiger partial charge in [-0.3, -0.25) is 0 Å². The van der Waals surface area contributed by atoms with Gasteiger partial charge in [-0.1, -0.05) is 12.1 Å². The smallest absolute Gasteiger partial charge is 0.0294 e. The molecule has 1 saturated heterocycles. The van der Waals surface area contributed by atoms with Crippen molar-refractivity contribution < 1.29 is 0 Å². The molecule has 1 aromatic carbocycles. The summed E-state index contributed by atoms with van der Waals surface area (Å²) in [4.78, 5) is 2.45. The molecule has 2 nitrogen and oxygen atoms in total. The molecule has 100 valence electrons. The lowest BCUT2D eigenvalue weighted by Crippen LogP contribution is -2.46. The Bertz CT molecular complexity index is 377. The summed E-state index contributed by atoms with van der Waals surface area (Å²) in [6.07, 6.45) is 2.51. The van der Waals surface area contributed by atoms with Gasteiger partial charge in [-0.15, -0.1) is 0 Å². The molecule has 3 heteroatoms. The fourth-order valence-electron chi connectivity index (χ4n) is 2.64. The predicted octanol–water partition coefficient (Wildman–Crippen LogP) is 3.42. The second-order valence-electron chi connectivity index (χ2n) is 5.49. The van der Waals surface area contributed by atoms with Crippen LogP contribution in [0.5, 0.6) is 0 Å². The van der Waals surface area contributed by atoms with Crippen LogP contribution in [-0.2, 0) is 0 Å². The lowest BCUT2D eigenvalue weighted by molar-refractivity contribution is 0.163. The number of piperidine rings is 1. The maximum atomic E-state index is 3.78. The van der Waals surface area contributed by atoms with Crippen molar-refractivity contribution in [1.82, 2.24) is 10.2 Å². The topological polar surface area (TPSA) is 15.3 Å². The second kappa shape index (κ2) is 6.35. The van der Waals surface area contributed by atoms with Crippen LogP contribution in [0.3, 0.4) is 0 Å². The Kier molecular flexibility index (Phi) is 5.04. The van der Waals surface area contributed by atoms with Crippen molar-refractivity contribution in [3.05, 3.63) is 33.4 Å². The third kappa shape index (κ3) is 3.68. The van der Waals surface area contributed by atoms with Crippen LogP contribution in [0.2, 0.25) is 0 Å². The molecule has 1 aliphatic rings. The summed E-state index contributed by atoms with van der Waals surface area (Å²) >= 11 is 2.35. The van der Waals surface area contributed by atoms with E-state index in [1.807, 2.05) is 0 Å². The van der Waals surface area contributed by atoms with Gasteiger partial charge >= 0.3 is 0 Å². The lowest BCUT2D eigenvalue weighted by atomic mass is 9.97. The fraction of sp³-hybridized carbons (Fsp3) is 0.600. The van der Waals surface area contributed by atoms with E-state index in [1.165, 1.54) is 28.5 Å². The van der Waals surface area contributed by atoms with Crippen molar-refractivity contribution >= 4 is 22.6 Å². The van der Waals surface area contributed by atoms with Crippen LogP contribution < -0.4 is 5.32 Å². The number of nitrogens with one attached hydrogen (secondary N) is 1. The molecule has 0 bridgehead atoms. The molecule has 3 unspecified atom stereocenters. The average Bonchev–Trinajstić information content (AvgIpc) is 2.34. The van der Waals surface area contributed by atoms with Gasteiger partial charge in [-0.2, -0.15) is 0 Å².